The van der Waals surface area contributed by atoms with Crippen LogP contribution in [0.25, 0.3) is 6.08 Å². The van der Waals surface area contributed by atoms with Gasteiger partial charge >= 0.3 is 5.97 Å². The second kappa shape index (κ2) is 5.59. The predicted octanol–water partition coefficient (Wildman–Crippen LogP) is 2.17. The standard InChI is InChI=1S/C13H13FO3/c14-11-4-1-10(2-5-11)3-6-13(15)17-12-7-8-16-9-12/h1-6,12H,7-9H2. The Morgan fingerprint density at radius 1 is 1.41 bits per heavy atom. The van der Waals surface area contributed by atoms with Gasteiger partial charge in [0, 0.05) is 12.5 Å². The third kappa shape index (κ3) is 3.67. The molecule has 1 aliphatic rings. The summed E-state index contributed by atoms with van der Waals surface area (Å²) in [6, 6.07) is 5.88. The summed E-state index contributed by atoms with van der Waals surface area (Å²) in [7, 11) is 0. The fraction of sp³-hybridized carbons (Fsp3) is 0.308. The highest BCUT2D eigenvalue weighted by atomic mass is 19.1. The normalized spacial score (nSPS) is 19.7. The van der Waals surface area contributed by atoms with Crippen LogP contribution in [-0.4, -0.2) is 25.3 Å². The molecule has 17 heavy (non-hydrogen) atoms. The molecular weight excluding hydrogens is 223 g/mol. The van der Waals surface area contributed by atoms with E-state index < -0.39 is 5.97 Å². The van der Waals surface area contributed by atoms with E-state index >= 15 is 0 Å². The van der Waals surface area contributed by atoms with Crippen LogP contribution in [0, 0.1) is 5.82 Å². The largest absolute Gasteiger partial charge is 0.457 e. The lowest BCUT2D eigenvalue weighted by Gasteiger charge is -2.06. The summed E-state index contributed by atoms with van der Waals surface area (Å²) in [5.74, 6) is -0.697. The lowest BCUT2D eigenvalue weighted by molar-refractivity contribution is -0.142. The van der Waals surface area contributed by atoms with Gasteiger partial charge in [-0.05, 0) is 23.8 Å². The Hall–Kier alpha value is -1.68. The first kappa shape index (κ1) is 11.8. The second-order valence-electron chi connectivity index (χ2n) is 3.81. The highest BCUT2D eigenvalue weighted by Gasteiger charge is 2.18. The zero-order chi connectivity index (χ0) is 12.1. The van der Waals surface area contributed by atoms with E-state index in [0.717, 1.165) is 12.0 Å². The van der Waals surface area contributed by atoms with Crippen molar-refractivity contribution in [2.75, 3.05) is 13.2 Å². The molecule has 4 heteroatoms. The lowest BCUT2D eigenvalue weighted by Crippen LogP contribution is -2.16. The number of carbonyl (C=O) groups excluding carboxylic acids is 1. The highest BCUT2D eigenvalue weighted by molar-refractivity contribution is 5.87. The summed E-state index contributed by atoms with van der Waals surface area (Å²) in [4.78, 5) is 11.4. The van der Waals surface area contributed by atoms with Crippen LogP contribution in [0.1, 0.15) is 12.0 Å². The third-order valence-corrected chi connectivity index (χ3v) is 2.45. The van der Waals surface area contributed by atoms with E-state index in [0.29, 0.717) is 13.2 Å². The Kier molecular flexibility index (Phi) is 3.88. The minimum absolute atomic E-state index is 0.139. The Labute approximate surface area is 98.8 Å². The maximum atomic E-state index is 12.6. The van der Waals surface area contributed by atoms with E-state index in [4.69, 9.17) is 9.47 Å². The first-order valence-electron chi connectivity index (χ1n) is 5.46. The molecule has 1 aromatic carbocycles. The second-order valence-corrected chi connectivity index (χ2v) is 3.81. The molecular formula is C13H13FO3. The maximum Gasteiger partial charge on any atom is 0.331 e. The highest BCUT2D eigenvalue weighted by Crippen LogP contribution is 2.09. The Bertz CT molecular complexity index is 405. The van der Waals surface area contributed by atoms with Gasteiger partial charge in [-0.1, -0.05) is 12.1 Å². The summed E-state index contributed by atoms with van der Waals surface area (Å²) in [5.41, 5.74) is 0.756. The van der Waals surface area contributed by atoms with Crippen molar-refractivity contribution >= 4 is 12.0 Å². The van der Waals surface area contributed by atoms with Crippen LogP contribution < -0.4 is 0 Å². The first-order valence-corrected chi connectivity index (χ1v) is 5.46. The van der Waals surface area contributed by atoms with Gasteiger partial charge in [0.1, 0.15) is 11.9 Å². The summed E-state index contributed by atoms with van der Waals surface area (Å²) in [5, 5.41) is 0. The van der Waals surface area contributed by atoms with Crippen molar-refractivity contribution in [1.29, 1.82) is 0 Å². The minimum Gasteiger partial charge on any atom is -0.457 e. The van der Waals surface area contributed by atoms with Crippen LogP contribution in [0.5, 0.6) is 0 Å². The van der Waals surface area contributed by atoms with Crippen molar-refractivity contribution < 1.29 is 18.7 Å². The molecule has 0 amide bonds. The molecule has 1 aliphatic heterocycles. The molecule has 1 atom stereocenters. The zero-order valence-corrected chi connectivity index (χ0v) is 9.27. The van der Waals surface area contributed by atoms with Gasteiger partial charge in [0.15, 0.2) is 0 Å². The summed E-state index contributed by atoms with van der Waals surface area (Å²) in [6.07, 6.45) is 3.54. The van der Waals surface area contributed by atoms with Gasteiger partial charge in [-0.3, -0.25) is 0 Å². The van der Waals surface area contributed by atoms with E-state index in [1.807, 2.05) is 0 Å². The van der Waals surface area contributed by atoms with E-state index in [-0.39, 0.29) is 11.9 Å². The van der Waals surface area contributed by atoms with Gasteiger partial charge in [-0.25, -0.2) is 9.18 Å². The third-order valence-electron chi connectivity index (χ3n) is 2.45. The molecule has 2 rings (SSSR count). The van der Waals surface area contributed by atoms with Crippen LogP contribution in [0.15, 0.2) is 30.3 Å². The number of halogens is 1. The SMILES string of the molecule is O=C(C=Cc1ccc(F)cc1)OC1CCOC1. The Balaban J connectivity index is 1.86. The topological polar surface area (TPSA) is 35.5 Å². The molecule has 1 fully saturated rings. The van der Waals surface area contributed by atoms with Gasteiger partial charge in [-0.15, -0.1) is 0 Å². The van der Waals surface area contributed by atoms with Crippen LogP contribution in [0.4, 0.5) is 4.39 Å². The number of hydrogen-bond acceptors (Lipinski definition) is 3. The van der Waals surface area contributed by atoms with Gasteiger partial charge in [0.2, 0.25) is 0 Å². The average molecular weight is 236 g/mol. The molecule has 1 saturated heterocycles. The molecule has 90 valence electrons. The minimum atomic E-state index is -0.398. The number of rotatable bonds is 3. The van der Waals surface area contributed by atoms with E-state index in [9.17, 15) is 9.18 Å². The van der Waals surface area contributed by atoms with E-state index in [2.05, 4.69) is 0 Å². The maximum absolute atomic E-state index is 12.6. The zero-order valence-electron chi connectivity index (χ0n) is 9.27. The lowest BCUT2D eigenvalue weighted by atomic mass is 10.2. The molecule has 0 aromatic heterocycles. The molecule has 0 aliphatic carbocycles. The van der Waals surface area contributed by atoms with Crippen molar-refractivity contribution in [2.45, 2.75) is 12.5 Å². The fourth-order valence-corrected chi connectivity index (χ4v) is 1.55. The quantitative estimate of drug-likeness (QED) is 0.596. The van der Waals surface area contributed by atoms with Crippen LogP contribution in [0.2, 0.25) is 0 Å². The molecule has 1 unspecified atom stereocenters. The smallest absolute Gasteiger partial charge is 0.331 e. The van der Waals surface area contributed by atoms with Crippen molar-refractivity contribution in [2.24, 2.45) is 0 Å². The molecule has 3 nitrogen and oxygen atoms in total. The van der Waals surface area contributed by atoms with Crippen molar-refractivity contribution in [1.82, 2.24) is 0 Å². The van der Waals surface area contributed by atoms with Crippen molar-refractivity contribution in [3.8, 4) is 0 Å². The number of benzene rings is 1. The first-order chi connectivity index (χ1) is 8.24. The number of esters is 1. The molecule has 1 aromatic rings. The molecule has 0 bridgehead atoms. The average Bonchev–Trinajstić information content (AvgIpc) is 2.81. The number of hydrogen-bond donors (Lipinski definition) is 0. The molecule has 0 N–H and O–H groups in total. The van der Waals surface area contributed by atoms with E-state index in [1.54, 1.807) is 18.2 Å². The van der Waals surface area contributed by atoms with Crippen molar-refractivity contribution in [3.05, 3.63) is 41.7 Å². The van der Waals surface area contributed by atoms with Crippen LogP contribution in [-0.2, 0) is 14.3 Å². The molecule has 1 heterocycles. The summed E-state index contributed by atoms with van der Waals surface area (Å²) < 4.78 is 22.8. The monoisotopic (exact) mass is 236 g/mol. The molecule has 0 radical (unpaired) electrons. The Morgan fingerprint density at radius 2 is 2.18 bits per heavy atom. The van der Waals surface area contributed by atoms with Crippen LogP contribution in [0.3, 0.4) is 0 Å². The van der Waals surface area contributed by atoms with Gasteiger partial charge in [-0.2, -0.15) is 0 Å². The summed E-state index contributed by atoms with van der Waals surface area (Å²) >= 11 is 0. The summed E-state index contributed by atoms with van der Waals surface area (Å²) in [6.45, 7) is 1.11. The van der Waals surface area contributed by atoms with Gasteiger partial charge < -0.3 is 9.47 Å². The van der Waals surface area contributed by atoms with Gasteiger partial charge in [0.05, 0.1) is 13.2 Å². The molecule has 0 spiro atoms. The predicted molar refractivity (Wildman–Crippen MR) is 60.8 cm³/mol. The van der Waals surface area contributed by atoms with Gasteiger partial charge in [0.25, 0.3) is 0 Å². The Morgan fingerprint density at radius 3 is 2.82 bits per heavy atom. The number of ether oxygens (including phenoxy) is 2. The fourth-order valence-electron chi connectivity index (χ4n) is 1.55. The molecule has 0 saturated carbocycles. The van der Waals surface area contributed by atoms with Crippen molar-refractivity contribution in [3.63, 3.8) is 0 Å². The van der Waals surface area contributed by atoms with Crippen LogP contribution >= 0.6 is 0 Å². The van der Waals surface area contributed by atoms with E-state index in [1.165, 1.54) is 18.2 Å². The number of carbonyl (C=O) groups is 1.